The Labute approximate surface area is 126 Å². The molecule has 3 aliphatic rings. The summed E-state index contributed by atoms with van der Waals surface area (Å²) in [5.41, 5.74) is 0.0736. The second kappa shape index (κ2) is 4.40. The van der Waals surface area contributed by atoms with Crippen LogP contribution in [0.3, 0.4) is 0 Å². The number of amides is 2. The maximum absolute atomic E-state index is 12.5. The van der Waals surface area contributed by atoms with Crippen molar-refractivity contribution in [3.63, 3.8) is 0 Å². The summed E-state index contributed by atoms with van der Waals surface area (Å²) in [7, 11) is 0. The number of nitrogens with one attached hydrogen (secondary N) is 1. The SMILES string of the molecule is O=C1CC2(Cc3cnc(Cl)nc3N2C2CCCC2)C(=O)N1. The molecule has 1 spiro atoms. The van der Waals surface area contributed by atoms with E-state index in [0.717, 1.165) is 37.1 Å². The first-order valence-electron chi connectivity index (χ1n) is 7.25. The van der Waals surface area contributed by atoms with Crippen LogP contribution in [0, 0.1) is 0 Å². The summed E-state index contributed by atoms with van der Waals surface area (Å²) >= 11 is 5.94. The molecule has 110 valence electrons. The number of imide groups is 1. The summed E-state index contributed by atoms with van der Waals surface area (Å²) in [5.74, 6) is 0.301. The maximum Gasteiger partial charge on any atom is 0.253 e. The zero-order valence-electron chi connectivity index (χ0n) is 11.4. The van der Waals surface area contributed by atoms with Crippen LogP contribution in [0.5, 0.6) is 0 Å². The van der Waals surface area contributed by atoms with E-state index in [-0.39, 0.29) is 29.6 Å². The van der Waals surface area contributed by atoms with E-state index in [2.05, 4.69) is 20.2 Å². The predicted octanol–water partition coefficient (Wildman–Crippen LogP) is 1.22. The molecule has 1 saturated heterocycles. The van der Waals surface area contributed by atoms with Gasteiger partial charge in [-0.1, -0.05) is 12.8 Å². The van der Waals surface area contributed by atoms with E-state index in [1.54, 1.807) is 6.20 Å². The summed E-state index contributed by atoms with van der Waals surface area (Å²) in [6.45, 7) is 0. The summed E-state index contributed by atoms with van der Waals surface area (Å²) in [5, 5.41) is 2.63. The highest BCUT2D eigenvalue weighted by Gasteiger charge is 2.58. The Hall–Kier alpha value is -1.69. The second-order valence-corrected chi connectivity index (χ2v) is 6.40. The summed E-state index contributed by atoms with van der Waals surface area (Å²) in [6, 6.07) is 0.244. The lowest BCUT2D eigenvalue weighted by Gasteiger charge is -2.38. The van der Waals surface area contributed by atoms with Crippen LogP contribution in [-0.2, 0) is 16.0 Å². The van der Waals surface area contributed by atoms with Crippen LogP contribution in [0.15, 0.2) is 6.20 Å². The van der Waals surface area contributed by atoms with Gasteiger partial charge in [0.25, 0.3) is 5.91 Å². The first kappa shape index (κ1) is 13.0. The van der Waals surface area contributed by atoms with E-state index in [1.165, 1.54) is 0 Å². The van der Waals surface area contributed by atoms with Gasteiger partial charge < -0.3 is 4.90 Å². The quantitative estimate of drug-likeness (QED) is 0.624. The van der Waals surface area contributed by atoms with Crippen LogP contribution >= 0.6 is 11.6 Å². The van der Waals surface area contributed by atoms with Gasteiger partial charge in [-0.15, -0.1) is 0 Å². The fourth-order valence-electron chi connectivity index (χ4n) is 3.97. The normalized spacial score (nSPS) is 28.5. The lowest BCUT2D eigenvalue weighted by molar-refractivity contribution is -0.126. The third-order valence-electron chi connectivity index (χ3n) is 4.80. The van der Waals surface area contributed by atoms with Crippen molar-refractivity contribution in [1.82, 2.24) is 15.3 Å². The molecule has 3 heterocycles. The van der Waals surface area contributed by atoms with Gasteiger partial charge in [0.1, 0.15) is 11.4 Å². The molecular weight excluding hydrogens is 292 g/mol. The third-order valence-corrected chi connectivity index (χ3v) is 4.99. The molecule has 1 saturated carbocycles. The zero-order valence-corrected chi connectivity index (χ0v) is 12.2. The molecule has 1 aliphatic carbocycles. The van der Waals surface area contributed by atoms with Crippen LogP contribution < -0.4 is 10.2 Å². The van der Waals surface area contributed by atoms with Crippen molar-refractivity contribution in [2.24, 2.45) is 0 Å². The first-order chi connectivity index (χ1) is 10.1. The van der Waals surface area contributed by atoms with Gasteiger partial charge in [0.2, 0.25) is 11.2 Å². The molecule has 0 bridgehead atoms. The van der Waals surface area contributed by atoms with Gasteiger partial charge in [0.05, 0.1) is 6.42 Å². The van der Waals surface area contributed by atoms with E-state index < -0.39 is 5.54 Å². The summed E-state index contributed by atoms with van der Waals surface area (Å²) in [6.07, 6.45) is 6.66. The number of fused-ring (bicyclic) bond motifs is 1. The minimum atomic E-state index is -0.826. The molecule has 2 fully saturated rings. The topological polar surface area (TPSA) is 75.2 Å². The van der Waals surface area contributed by atoms with Crippen molar-refractivity contribution in [2.75, 3.05) is 4.90 Å². The zero-order chi connectivity index (χ0) is 14.6. The lowest BCUT2D eigenvalue weighted by Crippen LogP contribution is -2.56. The van der Waals surface area contributed by atoms with Gasteiger partial charge in [-0.2, -0.15) is 0 Å². The molecule has 1 aromatic rings. The second-order valence-electron chi connectivity index (χ2n) is 6.06. The van der Waals surface area contributed by atoms with Crippen molar-refractivity contribution in [3.8, 4) is 0 Å². The van der Waals surface area contributed by atoms with Crippen molar-refractivity contribution < 1.29 is 9.59 Å². The lowest BCUT2D eigenvalue weighted by atomic mass is 9.91. The number of carbonyl (C=O) groups is 2. The monoisotopic (exact) mass is 306 g/mol. The molecule has 2 amide bonds. The Balaban J connectivity index is 1.85. The molecule has 7 heteroatoms. The van der Waals surface area contributed by atoms with Gasteiger partial charge in [0, 0.05) is 24.2 Å². The number of carbonyl (C=O) groups excluding carboxylic acids is 2. The number of aromatic nitrogens is 2. The molecule has 21 heavy (non-hydrogen) atoms. The number of halogens is 1. The molecular formula is C14H15ClN4O2. The molecule has 6 nitrogen and oxygen atoms in total. The van der Waals surface area contributed by atoms with Gasteiger partial charge >= 0.3 is 0 Å². The highest BCUT2D eigenvalue weighted by Crippen LogP contribution is 2.46. The molecule has 0 radical (unpaired) electrons. The Morgan fingerprint density at radius 2 is 2.05 bits per heavy atom. The molecule has 4 rings (SSSR count). The molecule has 2 aliphatic heterocycles. The largest absolute Gasteiger partial charge is 0.338 e. The Bertz CT molecular complexity index is 644. The highest BCUT2D eigenvalue weighted by molar-refractivity contribution is 6.28. The number of rotatable bonds is 1. The maximum atomic E-state index is 12.5. The predicted molar refractivity (Wildman–Crippen MR) is 76.0 cm³/mol. The van der Waals surface area contributed by atoms with E-state index in [4.69, 9.17) is 11.6 Å². The Morgan fingerprint density at radius 3 is 2.71 bits per heavy atom. The van der Waals surface area contributed by atoms with E-state index >= 15 is 0 Å². The van der Waals surface area contributed by atoms with Crippen LogP contribution in [0.4, 0.5) is 5.82 Å². The fourth-order valence-corrected chi connectivity index (χ4v) is 4.10. The minimum Gasteiger partial charge on any atom is -0.338 e. The number of nitrogens with zero attached hydrogens (tertiary/aromatic N) is 3. The van der Waals surface area contributed by atoms with Gasteiger partial charge in [0.15, 0.2) is 0 Å². The van der Waals surface area contributed by atoms with Crippen molar-refractivity contribution in [2.45, 2.75) is 50.1 Å². The number of hydrogen-bond acceptors (Lipinski definition) is 5. The standard InChI is InChI=1S/C14H15ClN4O2/c15-13-16-7-8-5-14(6-10(20)17-12(14)21)19(11(8)18-13)9-3-1-2-4-9/h7,9H,1-6H2,(H,17,20,21). The molecule has 0 aromatic carbocycles. The first-order valence-corrected chi connectivity index (χ1v) is 7.63. The molecule has 1 unspecified atom stereocenters. The van der Waals surface area contributed by atoms with E-state index in [9.17, 15) is 9.59 Å². The van der Waals surface area contributed by atoms with Crippen molar-refractivity contribution >= 4 is 29.2 Å². The molecule has 1 N–H and O–H groups in total. The fraction of sp³-hybridized carbons (Fsp3) is 0.571. The van der Waals surface area contributed by atoms with Gasteiger partial charge in [-0.05, 0) is 24.4 Å². The smallest absolute Gasteiger partial charge is 0.253 e. The Morgan fingerprint density at radius 1 is 1.29 bits per heavy atom. The number of anilines is 1. The van der Waals surface area contributed by atoms with E-state index in [0.29, 0.717) is 6.42 Å². The van der Waals surface area contributed by atoms with Crippen LogP contribution in [0.2, 0.25) is 5.28 Å². The minimum absolute atomic E-state index is 0.179. The number of hydrogen-bond donors (Lipinski definition) is 1. The van der Waals surface area contributed by atoms with Crippen LogP contribution in [-0.4, -0.2) is 33.4 Å². The van der Waals surface area contributed by atoms with Crippen LogP contribution in [0.1, 0.15) is 37.7 Å². The van der Waals surface area contributed by atoms with Crippen molar-refractivity contribution in [1.29, 1.82) is 0 Å². The summed E-state index contributed by atoms with van der Waals surface area (Å²) < 4.78 is 0. The highest BCUT2D eigenvalue weighted by atomic mass is 35.5. The van der Waals surface area contributed by atoms with Gasteiger partial charge in [-0.25, -0.2) is 9.97 Å². The van der Waals surface area contributed by atoms with E-state index in [1.807, 2.05) is 0 Å². The molecule has 1 aromatic heterocycles. The molecule has 1 atom stereocenters. The summed E-state index contributed by atoms with van der Waals surface area (Å²) in [4.78, 5) is 34.7. The third kappa shape index (κ3) is 1.78. The van der Waals surface area contributed by atoms with Gasteiger partial charge in [-0.3, -0.25) is 14.9 Å². The van der Waals surface area contributed by atoms with Crippen molar-refractivity contribution in [3.05, 3.63) is 17.0 Å². The Kier molecular flexibility index (Phi) is 2.73. The average molecular weight is 307 g/mol. The van der Waals surface area contributed by atoms with Crippen LogP contribution in [0.25, 0.3) is 0 Å². The average Bonchev–Trinajstić information content (AvgIpc) is 3.09.